The number of nitrogen functional groups attached to an aromatic ring is 1. The molecule has 0 aromatic heterocycles. The summed E-state index contributed by atoms with van der Waals surface area (Å²) >= 11 is 0. The Balaban J connectivity index is 1.98. The first kappa shape index (κ1) is 14.3. The first-order valence-corrected chi connectivity index (χ1v) is 6.27. The van der Waals surface area contributed by atoms with Crippen molar-refractivity contribution in [3.05, 3.63) is 65.7 Å². The van der Waals surface area contributed by atoms with Crippen LogP contribution in [0.15, 0.2) is 54.6 Å². The number of carbonyl (C=O) groups is 1. The molecule has 0 radical (unpaired) electrons. The van der Waals surface area contributed by atoms with Gasteiger partial charge < -0.3 is 16.2 Å². The highest BCUT2D eigenvalue weighted by Crippen LogP contribution is 2.12. The number of amidine groups is 1. The van der Waals surface area contributed by atoms with E-state index in [1.165, 1.54) is 6.08 Å². The fraction of sp³-hybridized carbons (Fsp3) is 0. The van der Waals surface area contributed by atoms with Crippen LogP contribution in [0.3, 0.4) is 0 Å². The molecular weight excluding hydrogens is 266 g/mol. The van der Waals surface area contributed by atoms with Crippen LogP contribution < -0.4 is 11.1 Å². The molecule has 2 aromatic carbocycles. The third kappa shape index (κ3) is 4.21. The first-order chi connectivity index (χ1) is 10.0. The van der Waals surface area contributed by atoms with Crippen LogP contribution in [0.4, 0.5) is 5.69 Å². The molecule has 5 nitrogen and oxygen atoms in total. The molecule has 21 heavy (non-hydrogen) atoms. The highest BCUT2D eigenvalue weighted by atomic mass is 16.3. The molecular formula is C16H15N3O2. The van der Waals surface area contributed by atoms with E-state index < -0.39 is 0 Å². The number of nitrogens with two attached hydrogens (primary N) is 1. The number of amides is 1. The van der Waals surface area contributed by atoms with Gasteiger partial charge in [0.05, 0.1) is 0 Å². The van der Waals surface area contributed by atoms with Gasteiger partial charge in [0, 0.05) is 17.3 Å². The molecule has 0 bridgehead atoms. The summed E-state index contributed by atoms with van der Waals surface area (Å²) in [5.41, 5.74) is 7.40. The summed E-state index contributed by atoms with van der Waals surface area (Å²) in [6.07, 6.45) is 3.06. The summed E-state index contributed by atoms with van der Waals surface area (Å²) in [6, 6.07) is 13.2. The monoisotopic (exact) mass is 281 g/mol. The van der Waals surface area contributed by atoms with Crippen LogP contribution in [-0.2, 0) is 4.79 Å². The maximum atomic E-state index is 11.8. The molecule has 1 amide bonds. The number of rotatable bonds is 4. The normalized spacial score (nSPS) is 10.5. The number of aromatic hydroxyl groups is 1. The Morgan fingerprint density at radius 3 is 2.29 bits per heavy atom. The molecule has 0 fully saturated rings. The quantitative estimate of drug-likeness (QED) is 0.393. The summed E-state index contributed by atoms with van der Waals surface area (Å²) in [4.78, 5) is 11.8. The first-order valence-electron chi connectivity index (χ1n) is 6.27. The van der Waals surface area contributed by atoms with Crippen LogP contribution in [0.25, 0.3) is 6.08 Å². The fourth-order valence-electron chi connectivity index (χ4n) is 1.67. The number of benzene rings is 2. The van der Waals surface area contributed by atoms with E-state index in [9.17, 15) is 4.79 Å². The molecule has 0 aliphatic heterocycles. The molecule has 5 N–H and O–H groups in total. The summed E-state index contributed by atoms with van der Waals surface area (Å²) in [5.74, 6) is -0.0964. The van der Waals surface area contributed by atoms with Gasteiger partial charge >= 0.3 is 0 Å². The maximum absolute atomic E-state index is 11.8. The Morgan fingerprint density at radius 1 is 1.10 bits per heavy atom. The van der Waals surface area contributed by atoms with Crippen molar-refractivity contribution in [2.75, 3.05) is 5.32 Å². The van der Waals surface area contributed by atoms with Crippen LogP contribution in [-0.4, -0.2) is 16.8 Å². The Morgan fingerprint density at radius 2 is 1.71 bits per heavy atom. The smallest absolute Gasteiger partial charge is 0.248 e. The molecule has 106 valence electrons. The molecule has 0 unspecified atom stereocenters. The third-order valence-electron chi connectivity index (χ3n) is 2.78. The molecule has 0 aliphatic rings. The van der Waals surface area contributed by atoms with Crippen molar-refractivity contribution in [1.82, 2.24) is 0 Å². The molecule has 0 heterocycles. The number of hydrogen-bond acceptors (Lipinski definition) is 3. The fourth-order valence-corrected chi connectivity index (χ4v) is 1.67. The second kappa shape index (κ2) is 6.38. The second-order valence-corrected chi connectivity index (χ2v) is 4.41. The predicted octanol–water partition coefficient (Wildman–Crippen LogP) is 2.33. The van der Waals surface area contributed by atoms with Gasteiger partial charge in [0.1, 0.15) is 11.6 Å². The van der Waals surface area contributed by atoms with Crippen molar-refractivity contribution in [3.8, 4) is 5.75 Å². The zero-order chi connectivity index (χ0) is 15.2. The highest BCUT2D eigenvalue weighted by molar-refractivity contribution is 6.02. The van der Waals surface area contributed by atoms with Gasteiger partial charge in [-0.25, -0.2) is 0 Å². The van der Waals surface area contributed by atoms with E-state index in [0.717, 1.165) is 5.56 Å². The number of anilines is 1. The van der Waals surface area contributed by atoms with Gasteiger partial charge in [-0.05, 0) is 48.0 Å². The van der Waals surface area contributed by atoms with E-state index in [1.54, 1.807) is 54.6 Å². The molecule has 0 aliphatic carbocycles. The minimum absolute atomic E-state index is 0.0138. The van der Waals surface area contributed by atoms with Crippen molar-refractivity contribution < 1.29 is 9.90 Å². The summed E-state index contributed by atoms with van der Waals surface area (Å²) in [5, 5.41) is 19.2. The Bertz CT molecular complexity index is 674. The van der Waals surface area contributed by atoms with Gasteiger partial charge in [0.25, 0.3) is 0 Å². The highest BCUT2D eigenvalue weighted by Gasteiger charge is 2.00. The molecule has 0 atom stereocenters. The lowest BCUT2D eigenvalue weighted by atomic mass is 10.2. The van der Waals surface area contributed by atoms with Crippen LogP contribution in [0.1, 0.15) is 11.1 Å². The zero-order valence-corrected chi connectivity index (χ0v) is 11.2. The van der Waals surface area contributed by atoms with Gasteiger partial charge in [-0.1, -0.05) is 12.1 Å². The average molecular weight is 281 g/mol. The van der Waals surface area contributed by atoms with E-state index >= 15 is 0 Å². The number of nitrogens with one attached hydrogen (secondary N) is 2. The number of hydrogen-bond donors (Lipinski definition) is 4. The third-order valence-corrected chi connectivity index (χ3v) is 2.78. The summed E-state index contributed by atoms with van der Waals surface area (Å²) in [7, 11) is 0. The van der Waals surface area contributed by atoms with E-state index in [0.29, 0.717) is 11.3 Å². The largest absolute Gasteiger partial charge is 0.508 e. The van der Waals surface area contributed by atoms with Crippen molar-refractivity contribution >= 4 is 23.5 Å². The lowest BCUT2D eigenvalue weighted by Gasteiger charge is -2.03. The predicted molar refractivity (Wildman–Crippen MR) is 83.2 cm³/mol. The van der Waals surface area contributed by atoms with Gasteiger partial charge in [-0.15, -0.1) is 0 Å². The van der Waals surface area contributed by atoms with Gasteiger partial charge in [-0.3, -0.25) is 10.2 Å². The molecule has 0 saturated heterocycles. The Kier molecular flexibility index (Phi) is 4.36. The lowest BCUT2D eigenvalue weighted by Crippen LogP contribution is -2.11. The van der Waals surface area contributed by atoms with Crippen LogP contribution in [0, 0.1) is 5.41 Å². The van der Waals surface area contributed by atoms with E-state index in [4.69, 9.17) is 16.2 Å². The van der Waals surface area contributed by atoms with Gasteiger partial charge in [0.2, 0.25) is 5.91 Å². The van der Waals surface area contributed by atoms with E-state index in [-0.39, 0.29) is 17.5 Å². The van der Waals surface area contributed by atoms with E-state index in [2.05, 4.69) is 5.32 Å². The Labute approximate surface area is 122 Å². The van der Waals surface area contributed by atoms with Crippen molar-refractivity contribution in [3.63, 3.8) is 0 Å². The molecule has 2 aromatic rings. The van der Waals surface area contributed by atoms with Crippen molar-refractivity contribution in [1.29, 1.82) is 5.41 Å². The van der Waals surface area contributed by atoms with E-state index in [1.807, 2.05) is 0 Å². The van der Waals surface area contributed by atoms with Crippen molar-refractivity contribution in [2.24, 2.45) is 5.73 Å². The number of phenols is 1. The summed E-state index contributed by atoms with van der Waals surface area (Å²) < 4.78 is 0. The molecule has 5 heteroatoms. The lowest BCUT2D eigenvalue weighted by molar-refractivity contribution is -0.111. The van der Waals surface area contributed by atoms with Gasteiger partial charge in [-0.2, -0.15) is 0 Å². The minimum Gasteiger partial charge on any atom is -0.508 e. The minimum atomic E-state index is -0.265. The zero-order valence-electron chi connectivity index (χ0n) is 11.2. The molecule has 2 rings (SSSR count). The standard InChI is InChI=1S/C16H15N3O2/c17-16(18)12-4-6-13(7-5-12)19-15(21)10-3-11-1-8-14(20)9-2-11/h1-10,20H,(H3,17,18)(H,19,21)/b10-3+. The molecule has 0 spiro atoms. The van der Waals surface area contributed by atoms with Crippen LogP contribution in [0.2, 0.25) is 0 Å². The Hall–Kier alpha value is -3.08. The van der Waals surface area contributed by atoms with Crippen molar-refractivity contribution in [2.45, 2.75) is 0 Å². The molecule has 0 saturated carbocycles. The number of phenolic OH excluding ortho intramolecular Hbond substituents is 1. The number of carbonyl (C=O) groups excluding carboxylic acids is 1. The maximum Gasteiger partial charge on any atom is 0.248 e. The average Bonchev–Trinajstić information content (AvgIpc) is 2.47. The SMILES string of the molecule is N=C(N)c1ccc(NC(=O)/C=C/c2ccc(O)cc2)cc1. The summed E-state index contributed by atoms with van der Waals surface area (Å²) in [6.45, 7) is 0. The van der Waals surface area contributed by atoms with Gasteiger partial charge in [0.15, 0.2) is 0 Å². The topological polar surface area (TPSA) is 99.2 Å². The van der Waals surface area contributed by atoms with Crippen LogP contribution >= 0.6 is 0 Å². The second-order valence-electron chi connectivity index (χ2n) is 4.41. The van der Waals surface area contributed by atoms with Crippen LogP contribution in [0.5, 0.6) is 5.75 Å².